The van der Waals surface area contributed by atoms with Gasteiger partial charge in [0.15, 0.2) is 0 Å². The van der Waals surface area contributed by atoms with Crippen LogP contribution in [0, 0.1) is 5.92 Å². The van der Waals surface area contributed by atoms with Crippen molar-refractivity contribution in [1.29, 1.82) is 0 Å². The molecule has 0 aromatic heterocycles. The molecule has 6 heteroatoms. The van der Waals surface area contributed by atoms with Gasteiger partial charge in [-0.3, -0.25) is 19.3 Å². The van der Waals surface area contributed by atoms with Crippen molar-refractivity contribution in [2.24, 2.45) is 11.7 Å². The van der Waals surface area contributed by atoms with Gasteiger partial charge in [-0.2, -0.15) is 0 Å². The van der Waals surface area contributed by atoms with Gasteiger partial charge in [0.2, 0.25) is 17.7 Å². The zero-order valence-electron chi connectivity index (χ0n) is 13.5. The Morgan fingerprint density at radius 1 is 1.26 bits per heavy atom. The predicted molar refractivity (Wildman–Crippen MR) is 87.3 cm³/mol. The van der Waals surface area contributed by atoms with Crippen LogP contribution in [-0.2, 0) is 20.9 Å². The lowest BCUT2D eigenvalue weighted by atomic mass is 9.99. The van der Waals surface area contributed by atoms with Crippen LogP contribution in [0.2, 0.25) is 0 Å². The molecule has 2 unspecified atom stereocenters. The molecule has 2 rings (SSSR count). The molecule has 3 N–H and O–H groups in total. The van der Waals surface area contributed by atoms with Crippen LogP contribution >= 0.6 is 0 Å². The molecule has 2 atom stereocenters. The van der Waals surface area contributed by atoms with Crippen LogP contribution in [0.15, 0.2) is 24.3 Å². The third-order valence-corrected chi connectivity index (χ3v) is 4.32. The van der Waals surface area contributed by atoms with Crippen molar-refractivity contribution in [1.82, 2.24) is 4.90 Å². The number of anilines is 1. The van der Waals surface area contributed by atoms with E-state index in [1.54, 1.807) is 18.2 Å². The van der Waals surface area contributed by atoms with Crippen molar-refractivity contribution in [2.75, 3.05) is 5.32 Å². The Morgan fingerprint density at radius 2 is 1.87 bits per heavy atom. The molecule has 1 aromatic carbocycles. The summed E-state index contributed by atoms with van der Waals surface area (Å²) >= 11 is 0. The molecule has 1 aliphatic rings. The Morgan fingerprint density at radius 3 is 2.48 bits per heavy atom. The van der Waals surface area contributed by atoms with Crippen molar-refractivity contribution in [3.05, 3.63) is 29.8 Å². The number of amides is 3. The van der Waals surface area contributed by atoms with Crippen molar-refractivity contribution in [3.8, 4) is 0 Å². The van der Waals surface area contributed by atoms with Crippen molar-refractivity contribution in [2.45, 2.75) is 45.7 Å². The fourth-order valence-corrected chi connectivity index (χ4v) is 2.48. The van der Waals surface area contributed by atoms with Crippen LogP contribution in [0.4, 0.5) is 5.69 Å². The summed E-state index contributed by atoms with van der Waals surface area (Å²) in [5.41, 5.74) is 7.26. The second-order valence-corrected chi connectivity index (χ2v) is 5.93. The first-order chi connectivity index (χ1) is 10.9. The highest BCUT2D eigenvalue weighted by molar-refractivity contribution is 6.02. The lowest BCUT2D eigenvalue weighted by Gasteiger charge is -2.20. The van der Waals surface area contributed by atoms with Gasteiger partial charge in [-0.1, -0.05) is 38.5 Å². The van der Waals surface area contributed by atoms with Gasteiger partial charge in [-0.15, -0.1) is 0 Å². The van der Waals surface area contributed by atoms with E-state index in [1.165, 1.54) is 4.90 Å². The monoisotopic (exact) mass is 317 g/mol. The van der Waals surface area contributed by atoms with Crippen LogP contribution in [0.1, 0.15) is 38.7 Å². The number of likely N-dealkylation sites (tertiary alicyclic amines) is 1. The van der Waals surface area contributed by atoms with E-state index in [2.05, 4.69) is 5.32 Å². The number of nitrogens with one attached hydrogen (secondary N) is 1. The molecule has 124 valence electrons. The van der Waals surface area contributed by atoms with Gasteiger partial charge in [0, 0.05) is 18.5 Å². The summed E-state index contributed by atoms with van der Waals surface area (Å²) in [6.07, 6.45) is 1.32. The molecule has 1 aliphatic heterocycles. The lowest BCUT2D eigenvalue weighted by molar-refractivity contribution is -0.139. The Bertz CT molecular complexity index is 599. The van der Waals surface area contributed by atoms with Crippen LogP contribution in [0.25, 0.3) is 0 Å². The van der Waals surface area contributed by atoms with Gasteiger partial charge in [0.1, 0.15) is 0 Å². The number of para-hydroxylation sites is 1. The fraction of sp³-hybridized carbons (Fsp3) is 0.471. The van der Waals surface area contributed by atoms with E-state index in [9.17, 15) is 14.4 Å². The number of nitrogens with zero attached hydrogens (tertiary/aromatic N) is 1. The highest BCUT2D eigenvalue weighted by atomic mass is 16.2. The van der Waals surface area contributed by atoms with Gasteiger partial charge < -0.3 is 11.1 Å². The molecule has 0 saturated carbocycles. The number of hydrogen-bond acceptors (Lipinski definition) is 4. The van der Waals surface area contributed by atoms with Gasteiger partial charge in [-0.25, -0.2) is 0 Å². The summed E-state index contributed by atoms with van der Waals surface area (Å²) in [6.45, 7) is 4.08. The Kier molecular flexibility index (Phi) is 5.50. The molecule has 0 radical (unpaired) electrons. The standard InChI is InChI=1S/C17H23N3O3/c1-3-11(2)16(18)17(23)19-13-7-5-4-6-12(13)10-20-14(21)8-9-15(20)22/h4-7,11,16H,3,8-10,18H2,1-2H3,(H,19,23). The second-order valence-electron chi connectivity index (χ2n) is 5.93. The van der Waals surface area contributed by atoms with E-state index in [0.717, 1.165) is 12.0 Å². The van der Waals surface area contributed by atoms with Gasteiger partial charge in [-0.05, 0) is 17.5 Å². The maximum absolute atomic E-state index is 12.2. The molecular formula is C17H23N3O3. The van der Waals surface area contributed by atoms with Crippen LogP contribution in [-0.4, -0.2) is 28.7 Å². The van der Waals surface area contributed by atoms with E-state index in [1.807, 2.05) is 19.9 Å². The molecule has 23 heavy (non-hydrogen) atoms. The highest BCUT2D eigenvalue weighted by Crippen LogP contribution is 2.22. The average molecular weight is 317 g/mol. The maximum atomic E-state index is 12.2. The first kappa shape index (κ1) is 17.1. The number of carbonyl (C=O) groups is 3. The molecule has 6 nitrogen and oxygen atoms in total. The van der Waals surface area contributed by atoms with Crippen molar-refractivity contribution >= 4 is 23.4 Å². The number of imide groups is 1. The molecule has 0 bridgehead atoms. The first-order valence-corrected chi connectivity index (χ1v) is 7.91. The quantitative estimate of drug-likeness (QED) is 0.780. The lowest BCUT2D eigenvalue weighted by Crippen LogP contribution is -2.41. The second kappa shape index (κ2) is 7.37. The molecular weight excluding hydrogens is 294 g/mol. The number of hydrogen-bond donors (Lipinski definition) is 2. The summed E-state index contributed by atoms with van der Waals surface area (Å²) in [5.74, 6) is -0.533. The van der Waals surface area contributed by atoms with Crippen molar-refractivity contribution < 1.29 is 14.4 Å². The molecule has 1 aromatic rings. The topological polar surface area (TPSA) is 92.5 Å². The minimum Gasteiger partial charge on any atom is -0.324 e. The van der Waals surface area contributed by atoms with E-state index < -0.39 is 6.04 Å². The van der Waals surface area contributed by atoms with Gasteiger partial charge in [0.25, 0.3) is 0 Å². The Balaban J connectivity index is 2.13. The largest absolute Gasteiger partial charge is 0.324 e. The number of benzene rings is 1. The van der Waals surface area contributed by atoms with Crippen LogP contribution in [0.5, 0.6) is 0 Å². The Labute approximate surface area is 136 Å². The molecule has 0 aliphatic carbocycles. The van der Waals surface area contributed by atoms with Crippen LogP contribution in [0.3, 0.4) is 0 Å². The average Bonchev–Trinajstić information content (AvgIpc) is 2.86. The third-order valence-electron chi connectivity index (χ3n) is 4.32. The third kappa shape index (κ3) is 3.96. The zero-order chi connectivity index (χ0) is 17.0. The number of nitrogens with two attached hydrogens (primary N) is 1. The molecule has 3 amide bonds. The molecule has 1 saturated heterocycles. The van der Waals surface area contributed by atoms with E-state index in [4.69, 9.17) is 5.73 Å². The Hall–Kier alpha value is -2.21. The van der Waals surface area contributed by atoms with E-state index >= 15 is 0 Å². The van der Waals surface area contributed by atoms with E-state index in [-0.39, 0.29) is 43.0 Å². The van der Waals surface area contributed by atoms with Gasteiger partial charge >= 0.3 is 0 Å². The summed E-state index contributed by atoms with van der Waals surface area (Å²) in [4.78, 5) is 37.0. The summed E-state index contributed by atoms with van der Waals surface area (Å²) in [7, 11) is 0. The smallest absolute Gasteiger partial charge is 0.241 e. The minimum atomic E-state index is -0.594. The fourth-order valence-electron chi connectivity index (χ4n) is 2.48. The zero-order valence-corrected chi connectivity index (χ0v) is 13.5. The predicted octanol–water partition coefficient (Wildman–Crippen LogP) is 1.65. The summed E-state index contributed by atoms with van der Waals surface area (Å²) in [6, 6.07) is 6.56. The minimum absolute atomic E-state index is 0.0731. The number of carbonyl (C=O) groups excluding carboxylic acids is 3. The first-order valence-electron chi connectivity index (χ1n) is 7.91. The highest BCUT2D eigenvalue weighted by Gasteiger charge is 2.29. The SMILES string of the molecule is CCC(C)C(N)C(=O)Nc1ccccc1CN1C(=O)CCC1=O. The number of rotatable bonds is 6. The van der Waals surface area contributed by atoms with Gasteiger partial charge in [0.05, 0.1) is 12.6 Å². The van der Waals surface area contributed by atoms with Crippen molar-refractivity contribution in [3.63, 3.8) is 0 Å². The molecule has 1 fully saturated rings. The maximum Gasteiger partial charge on any atom is 0.241 e. The summed E-state index contributed by atoms with van der Waals surface area (Å²) < 4.78 is 0. The molecule has 0 spiro atoms. The summed E-state index contributed by atoms with van der Waals surface area (Å²) in [5, 5.41) is 2.82. The normalized spacial score (nSPS) is 17.3. The van der Waals surface area contributed by atoms with Crippen LogP contribution < -0.4 is 11.1 Å². The van der Waals surface area contributed by atoms with E-state index in [0.29, 0.717) is 5.69 Å². The molecule has 1 heterocycles.